The molecule has 0 unspecified atom stereocenters. The van der Waals surface area contributed by atoms with E-state index in [2.05, 4.69) is 20.5 Å². The van der Waals surface area contributed by atoms with E-state index in [0.717, 1.165) is 29.3 Å². The van der Waals surface area contributed by atoms with Crippen LogP contribution < -0.4 is 5.32 Å². The first-order valence-corrected chi connectivity index (χ1v) is 10.4. The SMILES string of the molecule is O=C(Nc1cc(F)c(F)c(C(=O)c2ccc3ncc(-c4cn[nH]c4)cc3c2)c1)c1cccc(F)c1. The third kappa shape index (κ3) is 4.39. The molecule has 35 heavy (non-hydrogen) atoms. The Labute approximate surface area is 196 Å². The van der Waals surface area contributed by atoms with Gasteiger partial charge in [0.25, 0.3) is 5.91 Å². The molecule has 3 aromatic carbocycles. The molecule has 0 fully saturated rings. The highest BCUT2D eigenvalue weighted by Crippen LogP contribution is 2.26. The lowest BCUT2D eigenvalue weighted by Crippen LogP contribution is -2.14. The molecule has 0 aliphatic rings. The minimum absolute atomic E-state index is 0.0157. The van der Waals surface area contributed by atoms with Gasteiger partial charge in [-0.05, 0) is 48.5 Å². The number of rotatable bonds is 5. The van der Waals surface area contributed by atoms with E-state index in [1.165, 1.54) is 30.3 Å². The summed E-state index contributed by atoms with van der Waals surface area (Å²) in [4.78, 5) is 29.9. The first-order chi connectivity index (χ1) is 16.9. The van der Waals surface area contributed by atoms with Gasteiger partial charge in [-0.15, -0.1) is 0 Å². The Hall–Kier alpha value is -4.79. The van der Waals surface area contributed by atoms with Crippen LogP contribution in [0.3, 0.4) is 0 Å². The third-order valence-corrected chi connectivity index (χ3v) is 5.39. The predicted octanol–water partition coefficient (Wildman–Crippen LogP) is 5.53. The van der Waals surface area contributed by atoms with Crippen molar-refractivity contribution in [1.82, 2.24) is 15.2 Å². The molecule has 0 saturated heterocycles. The molecule has 5 aromatic rings. The number of pyridine rings is 1. The second-order valence-electron chi connectivity index (χ2n) is 7.73. The van der Waals surface area contributed by atoms with Gasteiger partial charge in [0.1, 0.15) is 5.82 Å². The third-order valence-electron chi connectivity index (χ3n) is 5.39. The fourth-order valence-corrected chi connectivity index (χ4v) is 3.65. The van der Waals surface area contributed by atoms with Gasteiger partial charge in [-0.2, -0.15) is 5.10 Å². The standard InChI is InChI=1S/C26H15F3N4O2/c27-19-3-1-2-15(8-19)26(35)33-20-9-21(24(29)22(28)10-20)25(34)14-4-5-23-16(6-14)7-17(11-30-23)18-12-31-32-13-18/h1-13H,(H,31,32)(H,33,35). The number of hydrogen-bond acceptors (Lipinski definition) is 4. The molecular weight excluding hydrogens is 457 g/mol. The summed E-state index contributed by atoms with van der Waals surface area (Å²) in [6.45, 7) is 0. The summed E-state index contributed by atoms with van der Waals surface area (Å²) in [5.41, 5.74) is 1.55. The van der Waals surface area contributed by atoms with E-state index < -0.39 is 34.7 Å². The number of H-pyrrole nitrogens is 1. The first-order valence-electron chi connectivity index (χ1n) is 10.4. The quantitative estimate of drug-likeness (QED) is 0.330. The summed E-state index contributed by atoms with van der Waals surface area (Å²) in [6.07, 6.45) is 4.98. The molecule has 0 spiro atoms. The smallest absolute Gasteiger partial charge is 0.255 e. The summed E-state index contributed by atoms with van der Waals surface area (Å²) in [5.74, 6) is -4.80. The molecule has 0 bridgehead atoms. The van der Waals surface area contributed by atoms with Gasteiger partial charge in [-0.1, -0.05) is 6.07 Å². The van der Waals surface area contributed by atoms with Crippen LogP contribution in [0.1, 0.15) is 26.3 Å². The maximum atomic E-state index is 14.6. The number of carbonyl (C=O) groups excluding carboxylic acids is 2. The molecule has 172 valence electrons. The van der Waals surface area contributed by atoms with E-state index in [4.69, 9.17) is 0 Å². The van der Waals surface area contributed by atoms with Crippen LogP contribution in [0.15, 0.2) is 79.3 Å². The summed E-state index contributed by atoms with van der Waals surface area (Å²) in [7, 11) is 0. The van der Waals surface area contributed by atoms with Crippen LogP contribution in [0.25, 0.3) is 22.0 Å². The number of aromatic nitrogens is 3. The van der Waals surface area contributed by atoms with E-state index in [1.54, 1.807) is 30.7 Å². The van der Waals surface area contributed by atoms with Gasteiger partial charge < -0.3 is 5.32 Å². The Kier molecular flexibility index (Phi) is 5.58. The topological polar surface area (TPSA) is 87.7 Å². The number of ketones is 1. The van der Waals surface area contributed by atoms with Crippen LogP contribution in [0.2, 0.25) is 0 Å². The predicted molar refractivity (Wildman–Crippen MR) is 123 cm³/mol. The van der Waals surface area contributed by atoms with E-state index in [1.807, 2.05) is 0 Å². The Bertz CT molecular complexity index is 1600. The van der Waals surface area contributed by atoms with E-state index in [0.29, 0.717) is 10.9 Å². The molecule has 5 rings (SSSR count). The van der Waals surface area contributed by atoms with Crippen molar-refractivity contribution in [2.45, 2.75) is 0 Å². The maximum Gasteiger partial charge on any atom is 0.255 e. The van der Waals surface area contributed by atoms with Crippen molar-refractivity contribution in [2.75, 3.05) is 5.32 Å². The zero-order chi connectivity index (χ0) is 24.5. The molecule has 0 aliphatic carbocycles. The molecule has 2 aromatic heterocycles. The van der Waals surface area contributed by atoms with E-state index in [-0.39, 0.29) is 16.8 Å². The Balaban J connectivity index is 1.48. The lowest BCUT2D eigenvalue weighted by atomic mass is 9.99. The molecular formula is C26H15F3N4O2. The number of carbonyl (C=O) groups is 2. The number of amides is 1. The lowest BCUT2D eigenvalue weighted by Gasteiger charge is -2.10. The monoisotopic (exact) mass is 472 g/mol. The normalized spacial score (nSPS) is 10.9. The maximum absolute atomic E-state index is 14.6. The number of benzene rings is 3. The second kappa shape index (κ2) is 8.86. The number of halogens is 3. The number of hydrogen-bond donors (Lipinski definition) is 2. The van der Waals surface area contributed by atoms with Crippen LogP contribution in [0.4, 0.5) is 18.9 Å². The van der Waals surface area contributed by atoms with Crippen LogP contribution in [0, 0.1) is 17.5 Å². The van der Waals surface area contributed by atoms with Gasteiger partial charge in [0, 0.05) is 51.8 Å². The number of aromatic amines is 1. The van der Waals surface area contributed by atoms with Gasteiger partial charge >= 0.3 is 0 Å². The van der Waals surface area contributed by atoms with Crippen molar-refractivity contribution < 1.29 is 22.8 Å². The van der Waals surface area contributed by atoms with Crippen molar-refractivity contribution >= 4 is 28.3 Å². The van der Waals surface area contributed by atoms with Crippen molar-refractivity contribution in [1.29, 1.82) is 0 Å². The zero-order valence-electron chi connectivity index (χ0n) is 17.9. The number of nitrogens with zero attached hydrogens (tertiary/aromatic N) is 2. The highest BCUT2D eigenvalue weighted by atomic mass is 19.2. The van der Waals surface area contributed by atoms with Crippen LogP contribution in [-0.2, 0) is 0 Å². The lowest BCUT2D eigenvalue weighted by molar-refractivity contribution is 0.101. The minimum Gasteiger partial charge on any atom is -0.322 e. The first kappa shape index (κ1) is 22.0. The molecule has 1 amide bonds. The highest BCUT2D eigenvalue weighted by Gasteiger charge is 2.20. The Morgan fingerprint density at radius 2 is 1.71 bits per heavy atom. The van der Waals surface area contributed by atoms with Crippen molar-refractivity contribution in [3.8, 4) is 11.1 Å². The highest BCUT2D eigenvalue weighted by molar-refractivity contribution is 6.12. The molecule has 9 heteroatoms. The second-order valence-corrected chi connectivity index (χ2v) is 7.73. The largest absolute Gasteiger partial charge is 0.322 e. The van der Waals surface area contributed by atoms with Gasteiger partial charge in [0.2, 0.25) is 0 Å². The summed E-state index contributed by atoms with van der Waals surface area (Å²) >= 11 is 0. The Morgan fingerprint density at radius 3 is 2.49 bits per heavy atom. The van der Waals surface area contributed by atoms with Gasteiger partial charge in [0.15, 0.2) is 17.4 Å². The fourth-order valence-electron chi connectivity index (χ4n) is 3.65. The van der Waals surface area contributed by atoms with Crippen LogP contribution >= 0.6 is 0 Å². The zero-order valence-corrected chi connectivity index (χ0v) is 17.9. The molecule has 0 radical (unpaired) electrons. The van der Waals surface area contributed by atoms with Gasteiger partial charge in [-0.3, -0.25) is 19.7 Å². The number of nitrogens with one attached hydrogen (secondary N) is 2. The number of anilines is 1. The van der Waals surface area contributed by atoms with E-state index in [9.17, 15) is 22.8 Å². The molecule has 0 atom stereocenters. The van der Waals surface area contributed by atoms with Crippen LogP contribution in [0.5, 0.6) is 0 Å². The van der Waals surface area contributed by atoms with Crippen LogP contribution in [-0.4, -0.2) is 26.9 Å². The average Bonchev–Trinajstić information content (AvgIpc) is 3.40. The molecule has 0 saturated carbocycles. The fraction of sp³-hybridized carbons (Fsp3) is 0. The summed E-state index contributed by atoms with van der Waals surface area (Å²) in [6, 6.07) is 13.1. The number of fused-ring (bicyclic) bond motifs is 1. The van der Waals surface area contributed by atoms with Crippen molar-refractivity contribution in [3.63, 3.8) is 0 Å². The van der Waals surface area contributed by atoms with E-state index >= 15 is 0 Å². The molecule has 0 aliphatic heterocycles. The van der Waals surface area contributed by atoms with Crippen molar-refractivity contribution in [3.05, 3.63) is 113 Å². The summed E-state index contributed by atoms with van der Waals surface area (Å²) < 4.78 is 42.4. The Morgan fingerprint density at radius 1 is 0.857 bits per heavy atom. The molecule has 6 nitrogen and oxygen atoms in total. The summed E-state index contributed by atoms with van der Waals surface area (Å²) in [5, 5.41) is 9.60. The van der Waals surface area contributed by atoms with Gasteiger partial charge in [-0.25, -0.2) is 13.2 Å². The molecule has 2 heterocycles. The minimum atomic E-state index is -1.34. The molecule has 2 N–H and O–H groups in total. The average molecular weight is 472 g/mol. The van der Waals surface area contributed by atoms with Gasteiger partial charge in [0.05, 0.1) is 17.3 Å². The van der Waals surface area contributed by atoms with Crippen molar-refractivity contribution in [2.24, 2.45) is 0 Å².